The Morgan fingerprint density at radius 3 is 2.35 bits per heavy atom. The number of anilines is 1. The van der Waals surface area contributed by atoms with Crippen LogP contribution in [0.2, 0.25) is 0 Å². The molecule has 5 nitrogen and oxygen atoms in total. The Kier molecular flexibility index (Phi) is 5.23. The fourth-order valence-corrected chi connectivity index (χ4v) is 2.92. The summed E-state index contributed by atoms with van der Waals surface area (Å²) in [4.78, 5) is 9.38. The van der Waals surface area contributed by atoms with Crippen LogP contribution in [0.1, 0.15) is 17.2 Å². The second kappa shape index (κ2) is 7.55. The van der Waals surface area contributed by atoms with E-state index in [0.29, 0.717) is 6.54 Å². The Balaban J connectivity index is 1.54. The Bertz CT molecular complexity index is 591. The van der Waals surface area contributed by atoms with Crippen molar-refractivity contribution in [3.8, 4) is 0 Å². The average Bonchev–Trinajstić information content (AvgIpc) is 2.63. The molecule has 3 rings (SSSR count). The monoisotopic (exact) mass is 311 g/mol. The van der Waals surface area contributed by atoms with Crippen LogP contribution in [0, 0.1) is 0 Å². The first-order valence-corrected chi connectivity index (χ1v) is 8.19. The summed E-state index contributed by atoms with van der Waals surface area (Å²) >= 11 is 0. The number of benzene rings is 1. The van der Waals surface area contributed by atoms with Crippen LogP contribution in [0.15, 0.2) is 48.7 Å². The second-order valence-corrected chi connectivity index (χ2v) is 6.04. The normalized spacial score (nSPS) is 17.2. The first-order chi connectivity index (χ1) is 11.3. The topological polar surface area (TPSA) is 71.4 Å². The van der Waals surface area contributed by atoms with E-state index < -0.39 is 0 Å². The van der Waals surface area contributed by atoms with E-state index in [1.807, 2.05) is 12.3 Å². The van der Waals surface area contributed by atoms with E-state index in [1.165, 1.54) is 5.56 Å². The van der Waals surface area contributed by atoms with Crippen molar-refractivity contribution in [2.24, 2.45) is 11.5 Å². The van der Waals surface area contributed by atoms with Gasteiger partial charge in [0.1, 0.15) is 5.82 Å². The van der Waals surface area contributed by atoms with Gasteiger partial charge in [-0.05, 0) is 17.2 Å². The molecule has 1 aromatic heterocycles. The molecule has 0 radical (unpaired) electrons. The first kappa shape index (κ1) is 15.9. The number of hydrogen-bond donors (Lipinski definition) is 2. The molecule has 122 valence electrons. The third-order valence-corrected chi connectivity index (χ3v) is 4.40. The highest BCUT2D eigenvalue weighted by atomic mass is 15.3. The fourth-order valence-electron chi connectivity index (χ4n) is 2.92. The van der Waals surface area contributed by atoms with Gasteiger partial charge in [0.25, 0.3) is 0 Å². The Hall–Kier alpha value is -1.95. The van der Waals surface area contributed by atoms with Crippen molar-refractivity contribution >= 4 is 5.82 Å². The fraction of sp³-hybridized carbons (Fsp3) is 0.389. The minimum Gasteiger partial charge on any atom is -0.354 e. The quantitative estimate of drug-likeness (QED) is 0.872. The molecule has 1 atom stereocenters. The lowest BCUT2D eigenvalue weighted by molar-refractivity contribution is 0.249. The standard InChI is InChI=1S/C18H25N5/c19-12-17(20)16-6-7-18(21-13-16)23-10-8-22(9-11-23)14-15-4-2-1-3-5-15/h1-7,13,17H,8-12,14,19-20H2. The third kappa shape index (κ3) is 4.07. The van der Waals surface area contributed by atoms with Gasteiger partial charge in [-0.2, -0.15) is 0 Å². The van der Waals surface area contributed by atoms with E-state index in [1.54, 1.807) is 0 Å². The van der Waals surface area contributed by atoms with Crippen LogP contribution < -0.4 is 16.4 Å². The number of hydrogen-bond acceptors (Lipinski definition) is 5. The number of nitrogens with two attached hydrogens (primary N) is 2. The lowest BCUT2D eigenvalue weighted by Crippen LogP contribution is -2.46. The second-order valence-electron chi connectivity index (χ2n) is 6.04. The molecule has 2 aromatic rings. The lowest BCUT2D eigenvalue weighted by atomic mass is 10.1. The Morgan fingerprint density at radius 1 is 1.00 bits per heavy atom. The molecule has 0 saturated carbocycles. The van der Waals surface area contributed by atoms with Gasteiger partial charge >= 0.3 is 0 Å². The molecule has 5 heteroatoms. The van der Waals surface area contributed by atoms with E-state index in [2.05, 4.69) is 51.2 Å². The van der Waals surface area contributed by atoms with Crippen molar-refractivity contribution in [3.05, 3.63) is 59.8 Å². The molecule has 1 saturated heterocycles. The molecular weight excluding hydrogens is 286 g/mol. The molecule has 0 bridgehead atoms. The Morgan fingerprint density at radius 2 is 1.74 bits per heavy atom. The summed E-state index contributed by atoms with van der Waals surface area (Å²) in [5.41, 5.74) is 13.9. The first-order valence-electron chi connectivity index (χ1n) is 8.19. The van der Waals surface area contributed by atoms with Gasteiger partial charge in [-0.1, -0.05) is 36.4 Å². The van der Waals surface area contributed by atoms with E-state index >= 15 is 0 Å². The molecule has 1 aliphatic rings. The molecule has 1 unspecified atom stereocenters. The maximum Gasteiger partial charge on any atom is 0.128 e. The summed E-state index contributed by atoms with van der Waals surface area (Å²) in [6, 6.07) is 14.6. The van der Waals surface area contributed by atoms with E-state index in [9.17, 15) is 0 Å². The predicted octanol–water partition coefficient (Wildman–Crippen LogP) is 1.36. The zero-order valence-electron chi connectivity index (χ0n) is 13.4. The molecule has 2 heterocycles. The van der Waals surface area contributed by atoms with Crippen molar-refractivity contribution < 1.29 is 0 Å². The van der Waals surface area contributed by atoms with Crippen molar-refractivity contribution in [2.45, 2.75) is 12.6 Å². The van der Waals surface area contributed by atoms with Gasteiger partial charge in [0, 0.05) is 51.5 Å². The number of nitrogens with zero attached hydrogens (tertiary/aromatic N) is 3. The highest BCUT2D eigenvalue weighted by molar-refractivity contribution is 5.40. The number of pyridine rings is 1. The van der Waals surface area contributed by atoms with E-state index in [0.717, 1.165) is 44.1 Å². The molecule has 1 aliphatic heterocycles. The smallest absolute Gasteiger partial charge is 0.128 e. The van der Waals surface area contributed by atoms with Gasteiger partial charge in [0.15, 0.2) is 0 Å². The van der Waals surface area contributed by atoms with Crippen LogP contribution in [0.25, 0.3) is 0 Å². The van der Waals surface area contributed by atoms with Gasteiger partial charge in [-0.15, -0.1) is 0 Å². The van der Waals surface area contributed by atoms with Crippen LogP contribution in [-0.4, -0.2) is 42.6 Å². The van der Waals surface area contributed by atoms with Crippen molar-refractivity contribution in [2.75, 3.05) is 37.6 Å². The Labute approximate surface area is 137 Å². The van der Waals surface area contributed by atoms with Crippen LogP contribution in [0.4, 0.5) is 5.82 Å². The van der Waals surface area contributed by atoms with Crippen molar-refractivity contribution in [1.82, 2.24) is 9.88 Å². The van der Waals surface area contributed by atoms with Gasteiger partial charge in [0.2, 0.25) is 0 Å². The molecular formula is C18H25N5. The molecule has 0 spiro atoms. The van der Waals surface area contributed by atoms with Gasteiger partial charge in [0.05, 0.1) is 0 Å². The number of aromatic nitrogens is 1. The summed E-state index contributed by atoms with van der Waals surface area (Å²) in [6.45, 7) is 5.58. The summed E-state index contributed by atoms with van der Waals surface area (Å²) in [5, 5.41) is 0. The third-order valence-electron chi connectivity index (χ3n) is 4.40. The minimum absolute atomic E-state index is 0.126. The largest absolute Gasteiger partial charge is 0.354 e. The maximum atomic E-state index is 5.93. The summed E-state index contributed by atoms with van der Waals surface area (Å²) in [6.07, 6.45) is 1.85. The highest BCUT2D eigenvalue weighted by Gasteiger charge is 2.18. The summed E-state index contributed by atoms with van der Waals surface area (Å²) < 4.78 is 0. The van der Waals surface area contributed by atoms with E-state index in [4.69, 9.17) is 11.5 Å². The maximum absolute atomic E-state index is 5.93. The van der Waals surface area contributed by atoms with Gasteiger partial charge in [-0.3, -0.25) is 4.90 Å². The summed E-state index contributed by atoms with van der Waals surface area (Å²) in [5.74, 6) is 1.03. The molecule has 23 heavy (non-hydrogen) atoms. The van der Waals surface area contributed by atoms with Crippen LogP contribution in [0.5, 0.6) is 0 Å². The van der Waals surface area contributed by atoms with E-state index in [-0.39, 0.29) is 6.04 Å². The average molecular weight is 311 g/mol. The zero-order chi connectivity index (χ0) is 16.1. The molecule has 4 N–H and O–H groups in total. The molecule has 1 fully saturated rings. The van der Waals surface area contributed by atoms with Gasteiger partial charge < -0.3 is 16.4 Å². The predicted molar refractivity (Wildman–Crippen MR) is 94.2 cm³/mol. The highest BCUT2D eigenvalue weighted by Crippen LogP contribution is 2.17. The van der Waals surface area contributed by atoms with Crippen LogP contribution in [0.3, 0.4) is 0 Å². The number of rotatable bonds is 5. The molecule has 0 aliphatic carbocycles. The SMILES string of the molecule is NCC(N)c1ccc(N2CCN(Cc3ccccc3)CC2)nc1. The molecule has 1 aromatic carbocycles. The lowest BCUT2D eigenvalue weighted by Gasteiger charge is -2.35. The van der Waals surface area contributed by atoms with Gasteiger partial charge in [-0.25, -0.2) is 4.98 Å². The summed E-state index contributed by atoms with van der Waals surface area (Å²) in [7, 11) is 0. The van der Waals surface area contributed by atoms with Crippen molar-refractivity contribution in [1.29, 1.82) is 0 Å². The van der Waals surface area contributed by atoms with Crippen molar-refractivity contribution in [3.63, 3.8) is 0 Å². The zero-order valence-corrected chi connectivity index (χ0v) is 13.4. The number of piperazine rings is 1. The minimum atomic E-state index is -0.126. The molecule has 0 amide bonds. The van der Waals surface area contributed by atoms with Crippen LogP contribution in [-0.2, 0) is 6.54 Å². The van der Waals surface area contributed by atoms with Crippen LogP contribution >= 0.6 is 0 Å².